The molecule has 24 heavy (non-hydrogen) atoms. The Morgan fingerprint density at radius 1 is 1.12 bits per heavy atom. The number of nitrogens with one attached hydrogen (secondary N) is 2. The maximum atomic E-state index is 12.1. The van der Waals surface area contributed by atoms with Gasteiger partial charge in [0.25, 0.3) is 5.91 Å². The molecule has 0 saturated carbocycles. The minimum atomic E-state index is -1.03. The topological polar surface area (TPSA) is 84.5 Å². The van der Waals surface area contributed by atoms with Crippen LogP contribution in [0.3, 0.4) is 0 Å². The molecule has 0 radical (unpaired) electrons. The van der Waals surface area contributed by atoms with Crippen LogP contribution in [0.5, 0.6) is 0 Å². The Hall–Kier alpha value is -2.08. The molecule has 2 N–H and O–H groups in total. The number of halogens is 1. The van der Waals surface area contributed by atoms with Gasteiger partial charge in [0.15, 0.2) is 6.10 Å². The van der Waals surface area contributed by atoms with E-state index in [4.69, 9.17) is 16.3 Å². The number of carbonyl (C=O) groups is 3. The van der Waals surface area contributed by atoms with E-state index in [0.717, 1.165) is 0 Å². The summed E-state index contributed by atoms with van der Waals surface area (Å²) in [5, 5.41) is 5.52. The van der Waals surface area contributed by atoms with Crippen LogP contribution in [0.4, 0.5) is 5.69 Å². The molecule has 1 aromatic rings. The molecular weight excluding hydrogens is 332 g/mol. The number of anilines is 1. The first-order chi connectivity index (χ1) is 11.0. The first kappa shape index (κ1) is 20.0. The zero-order valence-corrected chi connectivity index (χ0v) is 15.2. The third-order valence-electron chi connectivity index (χ3n) is 3.18. The minimum absolute atomic E-state index is 0.278. The molecule has 0 aliphatic rings. The summed E-state index contributed by atoms with van der Waals surface area (Å²) in [4.78, 5) is 35.9. The average molecular weight is 355 g/mol. The van der Waals surface area contributed by atoms with E-state index < -0.39 is 29.4 Å². The Balaban J connectivity index is 2.58. The molecule has 0 aliphatic carbocycles. The van der Waals surface area contributed by atoms with Crippen molar-refractivity contribution in [2.24, 2.45) is 5.41 Å². The van der Waals surface area contributed by atoms with Crippen molar-refractivity contribution in [2.45, 2.75) is 46.8 Å². The lowest BCUT2D eigenvalue weighted by molar-refractivity contribution is -0.156. The molecular formula is C17H23ClN2O4. The van der Waals surface area contributed by atoms with Gasteiger partial charge >= 0.3 is 5.97 Å². The van der Waals surface area contributed by atoms with Gasteiger partial charge in [0.1, 0.15) is 6.04 Å². The van der Waals surface area contributed by atoms with Crippen molar-refractivity contribution >= 4 is 35.1 Å². The fourth-order valence-corrected chi connectivity index (χ4v) is 1.78. The number of amides is 2. The van der Waals surface area contributed by atoms with Crippen molar-refractivity contribution in [3.05, 3.63) is 29.3 Å². The summed E-state index contributed by atoms with van der Waals surface area (Å²) in [6.07, 6.45) is -1.03. The smallest absolute Gasteiger partial charge is 0.329 e. The molecule has 132 valence electrons. The van der Waals surface area contributed by atoms with Crippen molar-refractivity contribution in [2.75, 3.05) is 5.32 Å². The SMILES string of the molecule is CC(NC(=O)C(C)(C)C)C(=O)OC(C)C(=O)Nc1ccccc1Cl. The summed E-state index contributed by atoms with van der Waals surface area (Å²) in [6, 6.07) is 5.88. The standard InChI is InChI=1S/C17H23ClN2O4/c1-10(19-16(23)17(3,4)5)15(22)24-11(2)14(21)20-13-9-7-6-8-12(13)18/h6-11H,1-5H3,(H,19,23)(H,20,21). The number of benzene rings is 1. The van der Waals surface area contributed by atoms with Gasteiger partial charge in [-0.05, 0) is 26.0 Å². The van der Waals surface area contributed by atoms with Gasteiger partial charge in [0.05, 0.1) is 10.7 Å². The van der Waals surface area contributed by atoms with E-state index in [1.54, 1.807) is 45.0 Å². The predicted molar refractivity (Wildman–Crippen MR) is 92.7 cm³/mol. The second-order valence-corrected chi connectivity index (χ2v) is 6.90. The second-order valence-electron chi connectivity index (χ2n) is 6.49. The van der Waals surface area contributed by atoms with E-state index in [-0.39, 0.29) is 5.91 Å². The summed E-state index contributed by atoms with van der Waals surface area (Å²) in [6.45, 7) is 8.16. The first-order valence-electron chi connectivity index (χ1n) is 7.59. The molecule has 2 amide bonds. The number of rotatable bonds is 5. The summed E-state index contributed by atoms with van der Waals surface area (Å²) < 4.78 is 5.09. The molecule has 0 aliphatic heterocycles. The molecule has 0 heterocycles. The highest BCUT2D eigenvalue weighted by Crippen LogP contribution is 2.20. The summed E-state index contributed by atoms with van der Waals surface area (Å²) >= 11 is 5.96. The molecule has 0 saturated heterocycles. The van der Waals surface area contributed by atoms with Crippen LogP contribution in [-0.4, -0.2) is 29.9 Å². The van der Waals surface area contributed by atoms with E-state index in [2.05, 4.69) is 10.6 Å². The van der Waals surface area contributed by atoms with Crippen LogP contribution in [0.1, 0.15) is 34.6 Å². The van der Waals surface area contributed by atoms with Gasteiger partial charge in [-0.15, -0.1) is 0 Å². The molecule has 6 nitrogen and oxygen atoms in total. The van der Waals surface area contributed by atoms with Crippen LogP contribution in [0, 0.1) is 5.41 Å². The fourth-order valence-electron chi connectivity index (χ4n) is 1.60. The normalized spacial score (nSPS) is 13.6. The van der Waals surface area contributed by atoms with Gasteiger partial charge < -0.3 is 15.4 Å². The van der Waals surface area contributed by atoms with Crippen molar-refractivity contribution in [1.82, 2.24) is 5.32 Å². The summed E-state index contributed by atoms with van der Waals surface area (Å²) in [5.41, 5.74) is -0.192. The van der Waals surface area contributed by atoms with Crippen LogP contribution in [0.25, 0.3) is 0 Å². The second kappa shape index (κ2) is 8.15. The van der Waals surface area contributed by atoms with Gasteiger partial charge in [-0.3, -0.25) is 9.59 Å². The summed E-state index contributed by atoms with van der Waals surface area (Å²) in [5.74, 6) is -1.47. The maximum absolute atomic E-state index is 12.1. The highest BCUT2D eigenvalue weighted by molar-refractivity contribution is 6.33. The molecule has 2 atom stereocenters. The van der Waals surface area contributed by atoms with Crippen LogP contribution in [-0.2, 0) is 19.1 Å². The lowest BCUT2D eigenvalue weighted by Crippen LogP contribution is -2.46. The molecule has 0 spiro atoms. The van der Waals surface area contributed by atoms with E-state index >= 15 is 0 Å². The van der Waals surface area contributed by atoms with Crippen molar-refractivity contribution in [3.8, 4) is 0 Å². The van der Waals surface area contributed by atoms with Crippen LogP contribution >= 0.6 is 11.6 Å². The monoisotopic (exact) mass is 354 g/mol. The number of esters is 1. The third-order valence-corrected chi connectivity index (χ3v) is 3.51. The maximum Gasteiger partial charge on any atom is 0.329 e. The molecule has 1 aromatic carbocycles. The Morgan fingerprint density at radius 3 is 2.25 bits per heavy atom. The van der Waals surface area contributed by atoms with Gasteiger partial charge in [-0.1, -0.05) is 44.5 Å². The van der Waals surface area contributed by atoms with Crippen molar-refractivity contribution < 1.29 is 19.1 Å². The first-order valence-corrected chi connectivity index (χ1v) is 7.97. The fraction of sp³-hybridized carbons (Fsp3) is 0.471. The van der Waals surface area contributed by atoms with Crippen LogP contribution in [0.15, 0.2) is 24.3 Å². The van der Waals surface area contributed by atoms with Gasteiger partial charge in [0.2, 0.25) is 5.91 Å². The van der Waals surface area contributed by atoms with Crippen molar-refractivity contribution in [1.29, 1.82) is 0 Å². The Kier molecular flexibility index (Phi) is 6.78. The van der Waals surface area contributed by atoms with Crippen LogP contribution < -0.4 is 10.6 Å². The largest absolute Gasteiger partial charge is 0.451 e. The Labute approximate surface area is 146 Å². The van der Waals surface area contributed by atoms with Gasteiger partial charge in [-0.2, -0.15) is 0 Å². The number of para-hydroxylation sites is 1. The molecule has 0 bridgehead atoms. The number of ether oxygens (including phenoxy) is 1. The quantitative estimate of drug-likeness (QED) is 0.796. The van der Waals surface area contributed by atoms with E-state index in [1.165, 1.54) is 13.8 Å². The van der Waals surface area contributed by atoms with Crippen LogP contribution in [0.2, 0.25) is 5.02 Å². The zero-order valence-electron chi connectivity index (χ0n) is 14.5. The molecule has 7 heteroatoms. The highest BCUT2D eigenvalue weighted by Gasteiger charge is 2.27. The number of carbonyl (C=O) groups excluding carboxylic acids is 3. The molecule has 0 aromatic heterocycles. The molecule has 1 rings (SSSR count). The summed E-state index contributed by atoms with van der Waals surface area (Å²) in [7, 11) is 0. The lowest BCUT2D eigenvalue weighted by atomic mass is 9.95. The van der Waals surface area contributed by atoms with Gasteiger partial charge in [-0.25, -0.2) is 4.79 Å². The van der Waals surface area contributed by atoms with Gasteiger partial charge in [0, 0.05) is 5.41 Å². The highest BCUT2D eigenvalue weighted by atomic mass is 35.5. The average Bonchev–Trinajstić information content (AvgIpc) is 2.48. The Bertz CT molecular complexity index is 625. The predicted octanol–water partition coefficient (Wildman–Crippen LogP) is 2.76. The molecule has 2 unspecified atom stereocenters. The van der Waals surface area contributed by atoms with E-state index in [0.29, 0.717) is 10.7 Å². The number of hydrogen-bond acceptors (Lipinski definition) is 4. The zero-order chi connectivity index (χ0) is 18.5. The Morgan fingerprint density at radius 2 is 1.71 bits per heavy atom. The number of hydrogen-bond donors (Lipinski definition) is 2. The lowest BCUT2D eigenvalue weighted by Gasteiger charge is -2.22. The van der Waals surface area contributed by atoms with E-state index in [9.17, 15) is 14.4 Å². The van der Waals surface area contributed by atoms with Crippen molar-refractivity contribution in [3.63, 3.8) is 0 Å². The molecule has 0 fully saturated rings. The third kappa shape index (κ3) is 5.85. The minimum Gasteiger partial charge on any atom is -0.451 e. The van der Waals surface area contributed by atoms with E-state index in [1.807, 2.05) is 0 Å².